The van der Waals surface area contributed by atoms with Crippen molar-refractivity contribution in [2.45, 2.75) is 57.5 Å². The molecule has 2 saturated carbocycles. The molecular formula is C20H23NO4. The highest BCUT2D eigenvalue weighted by Crippen LogP contribution is 2.40. The van der Waals surface area contributed by atoms with Gasteiger partial charge in [-0.2, -0.15) is 0 Å². The van der Waals surface area contributed by atoms with Gasteiger partial charge in [-0.25, -0.2) is 4.79 Å². The molecule has 0 N–H and O–H groups in total. The van der Waals surface area contributed by atoms with Crippen molar-refractivity contribution in [3.8, 4) is 0 Å². The number of imide groups is 1. The summed E-state index contributed by atoms with van der Waals surface area (Å²) in [5.41, 5.74) is 1.02. The summed E-state index contributed by atoms with van der Waals surface area (Å²) in [7, 11) is 0. The SMILES string of the molecule is O=C(OC1CCCC1)c1ccc(N2C(=O)[C@H]3CCCC[C@@H]3C2=O)cc1. The summed E-state index contributed by atoms with van der Waals surface area (Å²) in [4.78, 5) is 38.7. The zero-order chi connectivity index (χ0) is 17.4. The van der Waals surface area contributed by atoms with Crippen molar-refractivity contribution >= 4 is 23.5 Å². The molecule has 4 rings (SSSR count). The number of amides is 2. The monoisotopic (exact) mass is 341 g/mol. The van der Waals surface area contributed by atoms with E-state index in [1.165, 1.54) is 4.90 Å². The van der Waals surface area contributed by atoms with Crippen molar-refractivity contribution in [2.75, 3.05) is 4.90 Å². The molecule has 3 fully saturated rings. The lowest BCUT2D eigenvalue weighted by atomic mass is 9.81. The third kappa shape index (κ3) is 2.96. The second-order valence-corrected chi connectivity index (χ2v) is 7.37. The fraction of sp³-hybridized carbons (Fsp3) is 0.550. The molecule has 5 heteroatoms. The number of ether oxygens (including phenoxy) is 1. The molecule has 1 aromatic carbocycles. The molecule has 0 bridgehead atoms. The highest BCUT2D eigenvalue weighted by molar-refractivity contribution is 6.22. The number of carbonyl (C=O) groups is 3. The van der Waals surface area contributed by atoms with Crippen molar-refractivity contribution in [1.82, 2.24) is 0 Å². The highest BCUT2D eigenvalue weighted by atomic mass is 16.5. The van der Waals surface area contributed by atoms with Crippen LogP contribution >= 0.6 is 0 Å². The van der Waals surface area contributed by atoms with E-state index in [4.69, 9.17) is 4.74 Å². The first-order valence-corrected chi connectivity index (χ1v) is 9.34. The van der Waals surface area contributed by atoms with Gasteiger partial charge in [0, 0.05) is 0 Å². The van der Waals surface area contributed by atoms with Crippen LogP contribution in [0.4, 0.5) is 5.69 Å². The summed E-state index contributed by atoms with van der Waals surface area (Å²) in [6.07, 6.45) is 7.75. The third-order valence-corrected chi connectivity index (χ3v) is 5.78. The number of hydrogen-bond donors (Lipinski definition) is 0. The Labute approximate surface area is 147 Å². The Morgan fingerprint density at radius 1 is 0.840 bits per heavy atom. The molecule has 0 radical (unpaired) electrons. The highest BCUT2D eigenvalue weighted by Gasteiger charge is 2.48. The molecule has 1 aromatic rings. The second kappa shape index (κ2) is 6.62. The van der Waals surface area contributed by atoms with Gasteiger partial charge in [0.15, 0.2) is 0 Å². The molecule has 1 heterocycles. The maximum atomic E-state index is 12.6. The predicted octanol–water partition coefficient (Wildman–Crippen LogP) is 3.47. The minimum atomic E-state index is -0.328. The number of nitrogens with zero attached hydrogens (tertiary/aromatic N) is 1. The van der Waals surface area contributed by atoms with E-state index in [1.807, 2.05) is 0 Å². The molecule has 1 aliphatic heterocycles. The minimum absolute atomic E-state index is 0.0250. The van der Waals surface area contributed by atoms with Crippen LogP contribution < -0.4 is 4.90 Å². The zero-order valence-corrected chi connectivity index (χ0v) is 14.3. The van der Waals surface area contributed by atoms with Gasteiger partial charge < -0.3 is 4.74 Å². The van der Waals surface area contributed by atoms with E-state index in [0.717, 1.165) is 51.4 Å². The Morgan fingerprint density at radius 3 is 1.92 bits per heavy atom. The molecule has 5 nitrogen and oxygen atoms in total. The van der Waals surface area contributed by atoms with Crippen molar-refractivity contribution in [2.24, 2.45) is 11.8 Å². The first-order valence-electron chi connectivity index (χ1n) is 9.34. The molecule has 25 heavy (non-hydrogen) atoms. The standard InChI is InChI=1S/C20H23NO4/c22-18-16-7-3-4-8-17(16)19(23)21(18)14-11-9-13(10-12-14)20(24)25-15-5-1-2-6-15/h9-12,15-17H,1-8H2/t16-,17-/m0/s1. The van der Waals surface area contributed by atoms with E-state index < -0.39 is 0 Å². The van der Waals surface area contributed by atoms with Crippen molar-refractivity contribution in [3.63, 3.8) is 0 Å². The van der Waals surface area contributed by atoms with E-state index in [-0.39, 0.29) is 35.7 Å². The van der Waals surface area contributed by atoms with Crippen LogP contribution in [0.3, 0.4) is 0 Å². The van der Waals surface area contributed by atoms with Gasteiger partial charge in [0.25, 0.3) is 0 Å². The number of carbonyl (C=O) groups excluding carboxylic acids is 3. The van der Waals surface area contributed by atoms with E-state index >= 15 is 0 Å². The lowest BCUT2D eigenvalue weighted by Gasteiger charge is -2.19. The first-order chi connectivity index (χ1) is 12.1. The second-order valence-electron chi connectivity index (χ2n) is 7.37. The number of rotatable bonds is 3. The molecule has 132 valence electrons. The molecule has 3 aliphatic rings. The maximum Gasteiger partial charge on any atom is 0.338 e. The number of benzene rings is 1. The lowest BCUT2D eigenvalue weighted by molar-refractivity contribution is -0.122. The van der Waals surface area contributed by atoms with E-state index in [1.54, 1.807) is 24.3 Å². The van der Waals surface area contributed by atoms with E-state index in [2.05, 4.69) is 0 Å². The van der Waals surface area contributed by atoms with Gasteiger partial charge >= 0.3 is 5.97 Å². The summed E-state index contributed by atoms with van der Waals surface area (Å²) < 4.78 is 5.50. The summed E-state index contributed by atoms with van der Waals surface area (Å²) in [6, 6.07) is 6.65. The van der Waals surface area contributed by atoms with Crippen molar-refractivity contribution < 1.29 is 19.1 Å². The van der Waals surface area contributed by atoms with Gasteiger partial charge in [-0.1, -0.05) is 12.8 Å². The number of hydrogen-bond acceptors (Lipinski definition) is 4. The zero-order valence-electron chi connectivity index (χ0n) is 14.3. The van der Waals surface area contributed by atoms with Gasteiger partial charge in [0.1, 0.15) is 6.10 Å². The first kappa shape index (κ1) is 16.3. The van der Waals surface area contributed by atoms with Crippen LogP contribution in [0.1, 0.15) is 61.7 Å². The Balaban J connectivity index is 1.49. The average Bonchev–Trinajstić information content (AvgIpc) is 3.23. The number of esters is 1. The Kier molecular flexibility index (Phi) is 4.32. The predicted molar refractivity (Wildman–Crippen MR) is 92.1 cm³/mol. The molecule has 0 spiro atoms. The van der Waals surface area contributed by atoms with Crippen molar-refractivity contribution in [1.29, 1.82) is 0 Å². The van der Waals surface area contributed by atoms with Gasteiger partial charge in [0.05, 0.1) is 23.1 Å². The summed E-state index contributed by atoms with van der Waals surface area (Å²) in [5, 5.41) is 0. The molecule has 0 aromatic heterocycles. The number of anilines is 1. The number of fused-ring (bicyclic) bond motifs is 1. The van der Waals surface area contributed by atoms with Gasteiger partial charge in [-0.15, -0.1) is 0 Å². The summed E-state index contributed by atoms with van der Waals surface area (Å²) >= 11 is 0. The fourth-order valence-corrected chi connectivity index (χ4v) is 4.39. The Morgan fingerprint density at radius 2 is 1.36 bits per heavy atom. The summed E-state index contributed by atoms with van der Waals surface area (Å²) in [6.45, 7) is 0. The smallest absolute Gasteiger partial charge is 0.338 e. The van der Waals surface area contributed by atoms with E-state index in [9.17, 15) is 14.4 Å². The van der Waals surface area contributed by atoms with Crippen molar-refractivity contribution in [3.05, 3.63) is 29.8 Å². The molecule has 1 saturated heterocycles. The van der Waals surface area contributed by atoms with Crippen LogP contribution in [-0.2, 0) is 14.3 Å². The van der Waals surface area contributed by atoms with Crippen LogP contribution in [0.15, 0.2) is 24.3 Å². The molecular weight excluding hydrogens is 318 g/mol. The van der Waals surface area contributed by atoms with Crippen LogP contribution in [0.25, 0.3) is 0 Å². The quantitative estimate of drug-likeness (QED) is 0.624. The fourth-order valence-electron chi connectivity index (χ4n) is 4.39. The molecule has 2 atom stereocenters. The lowest BCUT2D eigenvalue weighted by Crippen LogP contribution is -2.30. The van der Waals surface area contributed by atoms with Crippen LogP contribution in [0, 0.1) is 11.8 Å². The van der Waals surface area contributed by atoms with Crippen LogP contribution in [-0.4, -0.2) is 23.9 Å². The topological polar surface area (TPSA) is 63.7 Å². The Hall–Kier alpha value is -2.17. The summed E-state index contributed by atoms with van der Waals surface area (Å²) in [5.74, 6) is -0.820. The van der Waals surface area contributed by atoms with Crippen LogP contribution in [0.2, 0.25) is 0 Å². The maximum absolute atomic E-state index is 12.6. The Bertz CT molecular complexity index is 666. The molecule has 0 unspecified atom stereocenters. The average molecular weight is 341 g/mol. The largest absolute Gasteiger partial charge is 0.459 e. The van der Waals surface area contributed by atoms with Crippen LogP contribution in [0.5, 0.6) is 0 Å². The van der Waals surface area contributed by atoms with Gasteiger partial charge in [-0.05, 0) is 62.8 Å². The van der Waals surface area contributed by atoms with E-state index in [0.29, 0.717) is 11.3 Å². The molecule has 2 amide bonds. The minimum Gasteiger partial charge on any atom is -0.459 e. The molecule has 2 aliphatic carbocycles. The normalized spacial score (nSPS) is 26.8. The van der Waals surface area contributed by atoms with Gasteiger partial charge in [0.2, 0.25) is 11.8 Å². The van der Waals surface area contributed by atoms with Gasteiger partial charge in [-0.3, -0.25) is 14.5 Å². The third-order valence-electron chi connectivity index (χ3n) is 5.78.